The van der Waals surface area contributed by atoms with Crippen LogP contribution < -0.4 is 10.6 Å². The lowest BCUT2D eigenvalue weighted by Gasteiger charge is -2.15. The number of benzene rings is 1. The van der Waals surface area contributed by atoms with Crippen molar-refractivity contribution in [1.29, 1.82) is 0 Å². The molecule has 0 unspecified atom stereocenters. The van der Waals surface area contributed by atoms with Crippen LogP contribution in [-0.2, 0) is 0 Å². The van der Waals surface area contributed by atoms with Crippen molar-refractivity contribution in [3.8, 4) is 0 Å². The van der Waals surface area contributed by atoms with E-state index in [-0.39, 0.29) is 6.04 Å². The van der Waals surface area contributed by atoms with E-state index in [4.69, 9.17) is 4.98 Å². The fraction of sp³-hybridized carbons (Fsp3) is 0.250. The first-order valence-electron chi connectivity index (χ1n) is 9.25. The maximum absolute atomic E-state index is 4.70. The van der Waals surface area contributed by atoms with Gasteiger partial charge in [-0.05, 0) is 37.5 Å². The standard InChI is InChI=1S/C20H21N7/c1-13(14-6-3-2-4-7-14)21-20-23-19(17-8-5-11-27(17)26-20)22-18-12-16(24-25-18)15-9-10-15/h2-8,11-13,15H,9-10H2,1H3,(H3,21,22,23,24,25,26)/t13-/m0/s1. The average Bonchev–Trinajstić information content (AvgIpc) is 3.24. The first-order chi connectivity index (χ1) is 13.3. The summed E-state index contributed by atoms with van der Waals surface area (Å²) in [5.41, 5.74) is 3.22. The zero-order chi connectivity index (χ0) is 18.2. The molecular weight excluding hydrogens is 338 g/mol. The van der Waals surface area contributed by atoms with Crippen molar-refractivity contribution >= 4 is 23.1 Å². The second-order valence-corrected chi connectivity index (χ2v) is 7.00. The molecule has 0 radical (unpaired) electrons. The van der Waals surface area contributed by atoms with E-state index in [0.29, 0.717) is 11.9 Å². The summed E-state index contributed by atoms with van der Waals surface area (Å²) in [6, 6.07) is 16.4. The molecule has 1 aliphatic rings. The normalized spacial score (nSPS) is 15.0. The van der Waals surface area contributed by atoms with Crippen LogP contribution in [0.2, 0.25) is 0 Å². The Morgan fingerprint density at radius 1 is 1.15 bits per heavy atom. The van der Waals surface area contributed by atoms with Gasteiger partial charge in [0.25, 0.3) is 0 Å². The lowest BCUT2D eigenvalue weighted by Crippen LogP contribution is -2.12. The average molecular weight is 359 g/mol. The van der Waals surface area contributed by atoms with E-state index < -0.39 is 0 Å². The van der Waals surface area contributed by atoms with Gasteiger partial charge in [0.15, 0.2) is 5.82 Å². The van der Waals surface area contributed by atoms with Gasteiger partial charge >= 0.3 is 0 Å². The van der Waals surface area contributed by atoms with E-state index in [2.05, 4.69) is 51.1 Å². The molecule has 7 nitrogen and oxygen atoms in total. The van der Waals surface area contributed by atoms with Crippen LogP contribution >= 0.6 is 0 Å². The minimum absolute atomic E-state index is 0.0979. The quantitative estimate of drug-likeness (QED) is 0.479. The lowest BCUT2D eigenvalue weighted by molar-refractivity contribution is 0.826. The van der Waals surface area contributed by atoms with Crippen LogP contribution in [0, 0.1) is 0 Å². The van der Waals surface area contributed by atoms with Gasteiger partial charge < -0.3 is 10.6 Å². The molecule has 0 aliphatic heterocycles. The lowest BCUT2D eigenvalue weighted by atomic mass is 10.1. The Labute approximate surface area is 156 Å². The summed E-state index contributed by atoms with van der Waals surface area (Å²) in [6.07, 6.45) is 4.38. The van der Waals surface area contributed by atoms with Gasteiger partial charge in [-0.15, -0.1) is 5.10 Å². The molecule has 3 aromatic heterocycles. The molecule has 1 aliphatic carbocycles. The summed E-state index contributed by atoms with van der Waals surface area (Å²) in [6.45, 7) is 2.10. The van der Waals surface area contributed by atoms with Gasteiger partial charge in [0, 0.05) is 18.2 Å². The number of rotatable bonds is 6. The molecule has 0 saturated heterocycles. The third-order valence-electron chi connectivity index (χ3n) is 4.88. The van der Waals surface area contributed by atoms with Crippen molar-refractivity contribution in [2.45, 2.75) is 31.7 Å². The predicted molar refractivity (Wildman–Crippen MR) is 105 cm³/mol. The van der Waals surface area contributed by atoms with Crippen LogP contribution in [0.5, 0.6) is 0 Å². The summed E-state index contributed by atoms with van der Waals surface area (Å²) in [5.74, 6) is 2.77. The summed E-state index contributed by atoms with van der Waals surface area (Å²) < 4.78 is 1.83. The highest BCUT2D eigenvalue weighted by Gasteiger charge is 2.26. The van der Waals surface area contributed by atoms with Gasteiger partial charge in [-0.2, -0.15) is 10.1 Å². The molecule has 1 fully saturated rings. The molecule has 7 heteroatoms. The van der Waals surface area contributed by atoms with E-state index in [0.717, 1.165) is 22.8 Å². The molecule has 136 valence electrons. The van der Waals surface area contributed by atoms with Gasteiger partial charge in [0.1, 0.15) is 11.3 Å². The molecule has 4 aromatic rings. The van der Waals surface area contributed by atoms with Crippen LogP contribution in [0.25, 0.3) is 5.52 Å². The molecular formula is C20H21N7. The SMILES string of the molecule is C[C@H](Nc1nc(Nc2cc(C3CC3)n[nH]2)c2cccn2n1)c1ccccc1. The van der Waals surface area contributed by atoms with E-state index in [9.17, 15) is 0 Å². The Morgan fingerprint density at radius 2 is 2.00 bits per heavy atom. The van der Waals surface area contributed by atoms with Crippen molar-refractivity contribution in [2.75, 3.05) is 10.6 Å². The van der Waals surface area contributed by atoms with Crippen LogP contribution in [-0.4, -0.2) is 24.8 Å². The zero-order valence-electron chi connectivity index (χ0n) is 15.1. The van der Waals surface area contributed by atoms with Crippen LogP contribution in [0.3, 0.4) is 0 Å². The fourth-order valence-electron chi connectivity index (χ4n) is 3.22. The maximum atomic E-state index is 4.70. The molecule has 0 bridgehead atoms. The van der Waals surface area contributed by atoms with E-state index in [1.54, 1.807) is 0 Å². The molecule has 0 amide bonds. The van der Waals surface area contributed by atoms with Gasteiger partial charge in [-0.25, -0.2) is 4.52 Å². The minimum Gasteiger partial charge on any atom is -0.346 e. The number of anilines is 3. The highest BCUT2D eigenvalue weighted by atomic mass is 15.3. The number of fused-ring (bicyclic) bond motifs is 1. The summed E-state index contributed by atoms with van der Waals surface area (Å²) in [5, 5.41) is 18.8. The second kappa shape index (κ2) is 6.42. The highest BCUT2D eigenvalue weighted by molar-refractivity contribution is 5.73. The van der Waals surface area contributed by atoms with Crippen molar-refractivity contribution < 1.29 is 0 Å². The van der Waals surface area contributed by atoms with Gasteiger partial charge in [0.2, 0.25) is 5.95 Å². The van der Waals surface area contributed by atoms with Gasteiger partial charge in [0.05, 0.1) is 11.7 Å². The fourth-order valence-corrected chi connectivity index (χ4v) is 3.22. The summed E-state index contributed by atoms with van der Waals surface area (Å²) >= 11 is 0. The molecule has 1 aromatic carbocycles. The number of hydrogen-bond donors (Lipinski definition) is 3. The number of nitrogens with one attached hydrogen (secondary N) is 3. The predicted octanol–water partition coefficient (Wildman–Crippen LogP) is 4.25. The topological polar surface area (TPSA) is 82.9 Å². The second-order valence-electron chi connectivity index (χ2n) is 7.00. The number of aromatic nitrogens is 5. The zero-order valence-corrected chi connectivity index (χ0v) is 15.1. The minimum atomic E-state index is 0.0979. The summed E-state index contributed by atoms with van der Waals surface area (Å²) in [4.78, 5) is 4.70. The summed E-state index contributed by atoms with van der Waals surface area (Å²) in [7, 11) is 0. The van der Waals surface area contributed by atoms with Gasteiger partial charge in [-0.1, -0.05) is 30.3 Å². The molecule has 0 spiro atoms. The number of aromatic amines is 1. The van der Waals surface area contributed by atoms with Crippen molar-refractivity contribution in [2.24, 2.45) is 0 Å². The number of nitrogens with zero attached hydrogens (tertiary/aromatic N) is 4. The van der Waals surface area contributed by atoms with Crippen molar-refractivity contribution in [1.82, 2.24) is 24.8 Å². The van der Waals surface area contributed by atoms with E-state index in [1.165, 1.54) is 18.4 Å². The highest BCUT2D eigenvalue weighted by Crippen LogP contribution is 2.39. The van der Waals surface area contributed by atoms with Crippen LogP contribution in [0.1, 0.15) is 43.0 Å². The largest absolute Gasteiger partial charge is 0.346 e. The molecule has 27 heavy (non-hydrogen) atoms. The molecule has 3 heterocycles. The number of hydrogen-bond acceptors (Lipinski definition) is 5. The molecule has 1 atom stereocenters. The number of H-pyrrole nitrogens is 1. The molecule has 1 saturated carbocycles. The Morgan fingerprint density at radius 3 is 2.81 bits per heavy atom. The maximum Gasteiger partial charge on any atom is 0.243 e. The van der Waals surface area contributed by atoms with Crippen molar-refractivity contribution in [3.63, 3.8) is 0 Å². The van der Waals surface area contributed by atoms with E-state index in [1.807, 2.05) is 41.0 Å². The Bertz CT molecular complexity index is 1060. The first-order valence-corrected chi connectivity index (χ1v) is 9.25. The Kier molecular flexibility index (Phi) is 3.78. The monoisotopic (exact) mass is 359 g/mol. The first kappa shape index (κ1) is 15.9. The van der Waals surface area contributed by atoms with Crippen LogP contribution in [0.4, 0.5) is 17.6 Å². The Balaban J connectivity index is 1.43. The van der Waals surface area contributed by atoms with E-state index >= 15 is 0 Å². The molecule has 5 rings (SSSR count). The molecule has 3 N–H and O–H groups in total. The third-order valence-corrected chi connectivity index (χ3v) is 4.88. The van der Waals surface area contributed by atoms with Crippen molar-refractivity contribution in [3.05, 3.63) is 66.0 Å². The third kappa shape index (κ3) is 3.23. The Hall–Kier alpha value is -3.35. The van der Waals surface area contributed by atoms with Crippen LogP contribution in [0.15, 0.2) is 54.7 Å². The smallest absolute Gasteiger partial charge is 0.243 e. The van der Waals surface area contributed by atoms with Gasteiger partial charge in [-0.3, -0.25) is 5.10 Å².